The normalized spacial score (nSPS) is 22.9. The highest BCUT2D eigenvalue weighted by molar-refractivity contribution is 7.99. The molecule has 0 amide bonds. The number of nitrogens with zero attached hydrogens (tertiary/aromatic N) is 1. The monoisotopic (exact) mass is 267 g/mol. The summed E-state index contributed by atoms with van der Waals surface area (Å²) < 4.78 is 0. The molecule has 0 bridgehead atoms. The highest BCUT2D eigenvalue weighted by atomic mass is 32.2. The molecule has 2 rings (SSSR count). The largest absolute Gasteiger partial charge is 0.478 e. The predicted octanol–water partition coefficient (Wildman–Crippen LogP) is 2.06. The molecule has 0 spiro atoms. The molecular weight excluding hydrogens is 250 g/mol. The molecule has 5 nitrogen and oxygen atoms in total. The summed E-state index contributed by atoms with van der Waals surface area (Å²) in [5.74, 6) is -0.583. The molecule has 1 fully saturated rings. The second-order valence-corrected chi connectivity index (χ2v) is 5.62. The molecule has 1 aliphatic carbocycles. The maximum atomic E-state index is 11.1. The molecule has 0 aromatic carbocycles. The summed E-state index contributed by atoms with van der Waals surface area (Å²) in [4.78, 5) is 15.2. The van der Waals surface area contributed by atoms with E-state index in [2.05, 4.69) is 16.6 Å². The van der Waals surface area contributed by atoms with Gasteiger partial charge in [-0.2, -0.15) is 11.8 Å². The summed E-state index contributed by atoms with van der Waals surface area (Å²) in [6.45, 7) is 0. The van der Waals surface area contributed by atoms with E-state index in [-0.39, 0.29) is 5.56 Å². The van der Waals surface area contributed by atoms with Gasteiger partial charge in [0.05, 0.1) is 11.9 Å². The van der Waals surface area contributed by atoms with Crippen molar-refractivity contribution in [1.29, 1.82) is 0 Å². The first-order valence-corrected chi connectivity index (χ1v) is 7.17. The number of thioether (sulfide) groups is 1. The van der Waals surface area contributed by atoms with Gasteiger partial charge < -0.3 is 16.2 Å². The lowest BCUT2D eigenvalue weighted by Crippen LogP contribution is -2.19. The molecule has 4 N–H and O–H groups in total. The number of hydrogen-bond acceptors (Lipinski definition) is 5. The van der Waals surface area contributed by atoms with Crippen molar-refractivity contribution in [1.82, 2.24) is 4.98 Å². The van der Waals surface area contributed by atoms with Gasteiger partial charge in [-0.15, -0.1) is 0 Å². The van der Waals surface area contributed by atoms with Crippen molar-refractivity contribution in [3.8, 4) is 0 Å². The van der Waals surface area contributed by atoms with Gasteiger partial charge in [0.15, 0.2) is 0 Å². The maximum Gasteiger partial charge on any atom is 0.339 e. The third-order valence-electron chi connectivity index (χ3n) is 3.20. The van der Waals surface area contributed by atoms with Crippen LogP contribution in [0.5, 0.6) is 0 Å². The number of carboxylic acids is 1. The van der Waals surface area contributed by atoms with Crippen LogP contribution in [0.2, 0.25) is 0 Å². The Hall–Kier alpha value is -1.43. The number of carbonyl (C=O) groups is 1. The van der Waals surface area contributed by atoms with Gasteiger partial charge in [0.2, 0.25) is 0 Å². The number of pyridine rings is 1. The van der Waals surface area contributed by atoms with Crippen molar-refractivity contribution in [2.75, 3.05) is 17.3 Å². The summed E-state index contributed by atoms with van der Waals surface area (Å²) in [6.07, 6.45) is 6.85. The molecule has 1 aromatic rings. The van der Waals surface area contributed by atoms with Crippen molar-refractivity contribution >= 4 is 29.2 Å². The number of nitrogens with two attached hydrogens (primary N) is 1. The van der Waals surface area contributed by atoms with Crippen LogP contribution in [0.4, 0.5) is 11.5 Å². The van der Waals surface area contributed by atoms with Gasteiger partial charge in [0.1, 0.15) is 11.4 Å². The number of nitrogen functional groups attached to an aromatic ring is 1. The third-order valence-corrected chi connectivity index (χ3v) is 4.29. The van der Waals surface area contributed by atoms with Crippen LogP contribution in [-0.2, 0) is 0 Å². The van der Waals surface area contributed by atoms with Crippen molar-refractivity contribution in [3.05, 3.63) is 17.8 Å². The third kappa shape index (κ3) is 2.87. The average molecular weight is 267 g/mol. The summed E-state index contributed by atoms with van der Waals surface area (Å²) in [6, 6.07) is 1.75. The van der Waals surface area contributed by atoms with Crippen LogP contribution in [-0.4, -0.2) is 33.6 Å². The Kier molecular flexibility index (Phi) is 3.96. The number of hydrogen-bond donors (Lipinski definition) is 3. The number of aromatic carboxylic acids is 1. The molecule has 1 aromatic heterocycles. The van der Waals surface area contributed by atoms with Crippen molar-refractivity contribution in [2.45, 2.75) is 30.6 Å². The van der Waals surface area contributed by atoms with E-state index in [9.17, 15) is 4.79 Å². The predicted molar refractivity (Wildman–Crippen MR) is 74.2 cm³/mol. The van der Waals surface area contributed by atoms with E-state index in [4.69, 9.17) is 10.8 Å². The van der Waals surface area contributed by atoms with Crippen LogP contribution in [0.15, 0.2) is 12.3 Å². The lowest BCUT2D eigenvalue weighted by Gasteiger charge is -2.15. The van der Waals surface area contributed by atoms with Crippen LogP contribution in [0.1, 0.15) is 29.6 Å². The summed E-state index contributed by atoms with van der Waals surface area (Å²) in [5, 5.41) is 13.0. The van der Waals surface area contributed by atoms with Gasteiger partial charge >= 0.3 is 5.97 Å². The zero-order chi connectivity index (χ0) is 13.1. The van der Waals surface area contributed by atoms with Crippen molar-refractivity contribution in [3.63, 3.8) is 0 Å². The molecular formula is C12H17N3O2S. The number of rotatable bonds is 4. The van der Waals surface area contributed by atoms with E-state index in [0.717, 1.165) is 19.3 Å². The Balaban J connectivity index is 2.12. The van der Waals surface area contributed by atoms with E-state index < -0.39 is 5.97 Å². The molecule has 2 unspecified atom stereocenters. The molecule has 0 radical (unpaired) electrons. The summed E-state index contributed by atoms with van der Waals surface area (Å²) >= 11 is 1.86. The molecule has 0 saturated heterocycles. The fourth-order valence-corrected chi connectivity index (χ4v) is 3.03. The first kappa shape index (κ1) is 13.0. The second kappa shape index (κ2) is 5.48. The lowest BCUT2D eigenvalue weighted by atomic mass is 10.2. The van der Waals surface area contributed by atoms with Gasteiger partial charge in [-0.3, -0.25) is 0 Å². The summed E-state index contributed by atoms with van der Waals surface area (Å²) in [7, 11) is 0. The highest BCUT2D eigenvalue weighted by Gasteiger charge is 2.25. The number of aromatic nitrogens is 1. The molecule has 1 saturated carbocycles. The molecule has 2 atom stereocenters. The molecule has 1 aliphatic rings. The Bertz CT molecular complexity index is 453. The van der Waals surface area contributed by atoms with Gasteiger partial charge in [-0.25, -0.2) is 9.78 Å². The quantitative estimate of drug-likeness (QED) is 0.774. The van der Waals surface area contributed by atoms with Crippen molar-refractivity contribution < 1.29 is 9.90 Å². The molecule has 18 heavy (non-hydrogen) atoms. The van der Waals surface area contributed by atoms with Gasteiger partial charge in [0, 0.05) is 11.3 Å². The van der Waals surface area contributed by atoms with Crippen LogP contribution in [0.25, 0.3) is 0 Å². The lowest BCUT2D eigenvalue weighted by molar-refractivity contribution is 0.0697. The minimum Gasteiger partial charge on any atom is -0.478 e. The van der Waals surface area contributed by atoms with E-state index in [1.165, 1.54) is 12.3 Å². The van der Waals surface area contributed by atoms with E-state index >= 15 is 0 Å². The van der Waals surface area contributed by atoms with Crippen LogP contribution in [0.3, 0.4) is 0 Å². The molecule has 1 heterocycles. The Morgan fingerprint density at radius 2 is 2.39 bits per heavy atom. The smallest absolute Gasteiger partial charge is 0.339 e. The number of nitrogens with one attached hydrogen (secondary N) is 1. The Morgan fingerprint density at radius 3 is 3.00 bits per heavy atom. The number of anilines is 2. The fraction of sp³-hybridized carbons (Fsp3) is 0.500. The zero-order valence-electron chi connectivity index (χ0n) is 10.2. The second-order valence-electron chi connectivity index (χ2n) is 4.48. The highest BCUT2D eigenvalue weighted by Crippen LogP contribution is 2.30. The van der Waals surface area contributed by atoms with Crippen LogP contribution < -0.4 is 11.1 Å². The van der Waals surface area contributed by atoms with E-state index in [1.54, 1.807) is 0 Å². The van der Waals surface area contributed by atoms with Gasteiger partial charge in [-0.1, -0.05) is 0 Å². The van der Waals surface area contributed by atoms with Gasteiger partial charge in [-0.05, 0) is 31.6 Å². The SMILES string of the molecule is CSC1CCC(Nc2ncc(N)cc2C(=O)O)C1. The fourth-order valence-electron chi connectivity index (χ4n) is 2.24. The zero-order valence-corrected chi connectivity index (χ0v) is 11.0. The maximum absolute atomic E-state index is 11.1. The molecule has 98 valence electrons. The minimum absolute atomic E-state index is 0.141. The Morgan fingerprint density at radius 1 is 1.61 bits per heavy atom. The average Bonchev–Trinajstić information content (AvgIpc) is 2.79. The van der Waals surface area contributed by atoms with Crippen LogP contribution >= 0.6 is 11.8 Å². The molecule has 6 heteroatoms. The van der Waals surface area contributed by atoms with Gasteiger partial charge in [0.25, 0.3) is 0 Å². The minimum atomic E-state index is -1.00. The van der Waals surface area contributed by atoms with Crippen LogP contribution in [0, 0.1) is 0 Å². The van der Waals surface area contributed by atoms with Crippen molar-refractivity contribution in [2.24, 2.45) is 0 Å². The molecule has 0 aliphatic heterocycles. The van der Waals surface area contributed by atoms with E-state index in [1.807, 2.05) is 11.8 Å². The summed E-state index contributed by atoms with van der Waals surface area (Å²) in [5.41, 5.74) is 6.07. The topological polar surface area (TPSA) is 88.2 Å². The first-order valence-electron chi connectivity index (χ1n) is 5.88. The number of carboxylic acid groups (broad SMARTS) is 1. The van der Waals surface area contributed by atoms with E-state index in [0.29, 0.717) is 22.8 Å². The standard InChI is InChI=1S/C12H17N3O2S/c1-18-9-3-2-8(5-9)15-11-10(12(16)17)4-7(13)6-14-11/h4,6,8-9H,2-3,5,13H2,1H3,(H,14,15)(H,16,17). The first-order chi connectivity index (χ1) is 8.60. The Labute approximate surface area is 110 Å².